The fourth-order valence-corrected chi connectivity index (χ4v) is 3.56. The summed E-state index contributed by atoms with van der Waals surface area (Å²) in [5.41, 5.74) is 1.69. The Balaban J connectivity index is 1.84. The Morgan fingerprint density at radius 1 is 0.929 bits per heavy atom. The van der Waals surface area contributed by atoms with E-state index in [4.69, 9.17) is 23.2 Å². The summed E-state index contributed by atoms with van der Waals surface area (Å²) in [7, 11) is 3.98. The number of rotatable bonds is 6. The first-order chi connectivity index (χ1) is 13.4. The number of nitrogens with one attached hydrogen (secondary N) is 1. The number of hydrogen-bond acceptors (Lipinski definition) is 2. The third-order valence-corrected chi connectivity index (χ3v) is 4.90. The maximum Gasteiger partial charge on any atom is 0.322 e. The van der Waals surface area contributed by atoms with Crippen molar-refractivity contribution in [2.45, 2.75) is 6.54 Å². The highest BCUT2D eigenvalue weighted by molar-refractivity contribution is 6.35. The topological polar surface area (TPSA) is 35.6 Å². The summed E-state index contributed by atoms with van der Waals surface area (Å²) in [5, 5.41) is 6.19. The number of urea groups is 1. The van der Waals surface area contributed by atoms with Crippen molar-refractivity contribution < 1.29 is 4.79 Å². The van der Waals surface area contributed by atoms with Crippen LogP contribution in [0.5, 0.6) is 0 Å². The smallest absolute Gasteiger partial charge is 0.319 e. The van der Waals surface area contributed by atoms with Gasteiger partial charge in [0.2, 0.25) is 0 Å². The molecule has 0 aromatic heterocycles. The molecule has 3 aromatic rings. The van der Waals surface area contributed by atoms with Crippen LogP contribution in [0.3, 0.4) is 0 Å². The third kappa shape index (κ3) is 5.38. The number of carbonyl (C=O) groups excluding carboxylic acids is 1. The average Bonchev–Trinajstić information content (AvgIpc) is 2.64. The molecule has 3 rings (SSSR count). The average molecular weight is 416 g/mol. The van der Waals surface area contributed by atoms with Gasteiger partial charge >= 0.3 is 6.03 Å². The molecule has 2 amide bonds. The van der Waals surface area contributed by atoms with E-state index < -0.39 is 0 Å². The van der Waals surface area contributed by atoms with Gasteiger partial charge in [0, 0.05) is 35.4 Å². The van der Waals surface area contributed by atoms with Gasteiger partial charge in [0.1, 0.15) is 0 Å². The minimum atomic E-state index is -0.187. The first-order valence-corrected chi connectivity index (χ1v) is 9.81. The standard InChI is InChI=1S/C22H23Cl2N3O/c1-26(2)10-11-27(22(28)25-20-13-18(23)12-19(24)14-20)15-17-8-5-7-16-6-3-4-9-21(16)17/h3-9,12-14H,10-11,15H2,1-2H3,(H,25,28). The van der Waals surface area contributed by atoms with Crippen molar-refractivity contribution in [3.8, 4) is 0 Å². The Morgan fingerprint density at radius 3 is 2.32 bits per heavy atom. The molecule has 0 aliphatic heterocycles. The fourth-order valence-electron chi connectivity index (χ4n) is 3.04. The lowest BCUT2D eigenvalue weighted by atomic mass is 10.0. The minimum absolute atomic E-state index is 0.187. The van der Waals surface area contributed by atoms with E-state index >= 15 is 0 Å². The van der Waals surface area contributed by atoms with Crippen LogP contribution in [0.1, 0.15) is 5.56 Å². The molecule has 1 N–H and O–H groups in total. The zero-order valence-electron chi connectivity index (χ0n) is 16.0. The quantitative estimate of drug-likeness (QED) is 0.556. The zero-order valence-corrected chi connectivity index (χ0v) is 17.5. The van der Waals surface area contributed by atoms with E-state index in [1.807, 2.05) is 32.3 Å². The van der Waals surface area contributed by atoms with Gasteiger partial charge in [0.15, 0.2) is 0 Å². The predicted molar refractivity (Wildman–Crippen MR) is 118 cm³/mol. The molecule has 146 valence electrons. The van der Waals surface area contributed by atoms with Gasteiger partial charge in [-0.1, -0.05) is 65.7 Å². The molecule has 0 unspecified atom stereocenters. The number of fused-ring (bicyclic) bond motifs is 1. The highest BCUT2D eigenvalue weighted by atomic mass is 35.5. The number of anilines is 1. The third-order valence-electron chi connectivity index (χ3n) is 4.46. The van der Waals surface area contributed by atoms with E-state index in [1.165, 1.54) is 0 Å². The number of halogens is 2. The minimum Gasteiger partial charge on any atom is -0.319 e. The van der Waals surface area contributed by atoms with Crippen molar-refractivity contribution in [2.24, 2.45) is 0 Å². The molecule has 0 atom stereocenters. The fraction of sp³-hybridized carbons (Fsp3) is 0.227. The Kier molecular flexibility index (Phi) is 6.79. The van der Waals surface area contributed by atoms with Gasteiger partial charge in [-0.3, -0.25) is 0 Å². The lowest BCUT2D eigenvalue weighted by molar-refractivity contribution is 0.202. The van der Waals surface area contributed by atoms with Gasteiger partial charge in [-0.2, -0.15) is 0 Å². The number of hydrogen-bond donors (Lipinski definition) is 1. The molecule has 28 heavy (non-hydrogen) atoms. The lowest BCUT2D eigenvalue weighted by Crippen LogP contribution is -2.39. The van der Waals surface area contributed by atoms with Crippen LogP contribution in [-0.4, -0.2) is 43.0 Å². The van der Waals surface area contributed by atoms with Crippen LogP contribution >= 0.6 is 23.2 Å². The van der Waals surface area contributed by atoms with Crippen molar-refractivity contribution in [3.63, 3.8) is 0 Å². The molecule has 0 saturated heterocycles. The molecule has 0 fully saturated rings. The van der Waals surface area contributed by atoms with E-state index in [1.54, 1.807) is 23.1 Å². The van der Waals surface area contributed by atoms with Crippen LogP contribution in [0.25, 0.3) is 10.8 Å². The predicted octanol–water partition coefficient (Wildman–Crippen LogP) is 5.74. The second-order valence-corrected chi connectivity index (χ2v) is 7.82. The summed E-state index contributed by atoms with van der Waals surface area (Å²) in [6.07, 6.45) is 0. The number of nitrogens with zero attached hydrogens (tertiary/aromatic N) is 2. The molecule has 4 nitrogen and oxygen atoms in total. The molecule has 0 radical (unpaired) electrons. The first kappa shape index (κ1) is 20.5. The van der Waals surface area contributed by atoms with Crippen LogP contribution in [0.4, 0.5) is 10.5 Å². The number of amides is 2. The molecule has 3 aromatic carbocycles. The normalized spacial score (nSPS) is 11.0. The Morgan fingerprint density at radius 2 is 1.61 bits per heavy atom. The summed E-state index contributed by atoms with van der Waals surface area (Å²) in [6.45, 7) is 1.86. The molecular weight excluding hydrogens is 393 g/mol. The summed E-state index contributed by atoms with van der Waals surface area (Å²) in [4.78, 5) is 16.9. The highest BCUT2D eigenvalue weighted by Gasteiger charge is 2.16. The summed E-state index contributed by atoms with van der Waals surface area (Å²) < 4.78 is 0. The van der Waals surface area contributed by atoms with Crippen molar-refractivity contribution in [1.82, 2.24) is 9.80 Å². The van der Waals surface area contributed by atoms with E-state index in [-0.39, 0.29) is 6.03 Å². The molecule has 0 saturated carbocycles. The van der Waals surface area contributed by atoms with Crippen LogP contribution < -0.4 is 5.32 Å². The highest BCUT2D eigenvalue weighted by Crippen LogP contribution is 2.24. The van der Waals surface area contributed by atoms with Crippen LogP contribution in [0.15, 0.2) is 60.7 Å². The van der Waals surface area contributed by atoms with Gasteiger partial charge in [0.25, 0.3) is 0 Å². The van der Waals surface area contributed by atoms with Crippen LogP contribution in [0, 0.1) is 0 Å². The van der Waals surface area contributed by atoms with Crippen LogP contribution in [0.2, 0.25) is 10.0 Å². The molecule has 0 spiro atoms. The first-order valence-electron chi connectivity index (χ1n) is 9.06. The van der Waals surface area contributed by atoms with Crippen molar-refractivity contribution in [2.75, 3.05) is 32.5 Å². The monoisotopic (exact) mass is 415 g/mol. The molecule has 0 heterocycles. The van der Waals surface area contributed by atoms with Gasteiger partial charge < -0.3 is 15.1 Å². The maximum absolute atomic E-state index is 13.0. The largest absolute Gasteiger partial charge is 0.322 e. The van der Waals surface area contributed by atoms with Crippen molar-refractivity contribution >= 4 is 45.7 Å². The van der Waals surface area contributed by atoms with E-state index in [9.17, 15) is 4.79 Å². The zero-order chi connectivity index (χ0) is 20.1. The van der Waals surface area contributed by atoms with Gasteiger partial charge in [-0.25, -0.2) is 4.79 Å². The Labute approximate surface area is 175 Å². The number of benzene rings is 3. The lowest BCUT2D eigenvalue weighted by Gasteiger charge is -2.25. The summed E-state index contributed by atoms with van der Waals surface area (Å²) in [6, 6.07) is 19.2. The van der Waals surface area contributed by atoms with Gasteiger partial charge in [-0.05, 0) is 48.6 Å². The Bertz CT molecular complexity index is 949. The van der Waals surface area contributed by atoms with Crippen molar-refractivity contribution in [3.05, 3.63) is 76.3 Å². The SMILES string of the molecule is CN(C)CCN(Cc1cccc2ccccc12)C(=O)Nc1cc(Cl)cc(Cl)c1. The molecule has 0 aliphatic rings. The van der Waals surface area contributed by atoms with E-state index in [0.717, 1.165) is 22.9 Å². The number of carbonyl (C=O) groups is 1. The second kappa shape index (κ2) is 9.28. The van der Waals surface area contributed by atoms with E-state index in [0.29, 0.717) is 28.8 Å². The van der Waals surface area contributed by atoms with Crippen molar-refractivity contribution in [1.29, 1.82) is 0 Å². The van der Waals surface area contributed by atoms with E-state index in [2.05, 4.69) is 34.5 Å². The van der Waals surface area contributed by atoms with Gasteiger partial charge in [0.05, 0.1) is 0 Å². The summed E-state index contributed by atoms with van der Waals surface area (Å²) in [5.74, 6) is 0. The van der Waals surface area contributed by atoms with Crippen LogP contribution in [-0.2, 0) is 6.54 Å². The molecular formula is C22H23Cl2N3O. The van der Waals surface area contributed by atoms with Gasteiger partial charge in [-0.15, -0.1) is 0 Å². The molecule has 0 bridgehead atoms. The number of likely N-dealkylation sites (N-methyl/N-ethyl adjacent to an activating group) is 1. The molecule has 6 heteroatoms. The Hall–Kier alpha value is -2.27. The molecule has 0 aliphatic carbocycles. The second-order valence-electron chi connectivity index (χ2n) is 6.95. The summed E-state index contributed by atoms with van der Waals surface area (Å²) >= 11 is 12.1. The maximum atomic E-state index is 13.0.